The molecule has 1 atom stereocenters. The molecule has 1 amide bonds. The van der Waals surface area contributed by atoms with E-state index in [9.17, 15) is 4.79 Å². The predicted molar refractivity (Wildman–Crippen MR) is 136 cm³/mol. The van der Waals surface area contributed by atoms with Crippen molar-refractivity contribution in [3.63, 3.8) is 0 Å². The number of ether oxygens (including phenoxy) is 1. The third-order valence-electron chi connectivity index (χ3n) is 6.46. The minimum atomic E-state index is -0.474. The first-order valence-electron chi connectivity index (χ1n) is 12.1. The van der Waals surface area contributed by atoms with Crippen molar-refractivity contribution in [2.24, 2.45) is 0 Å². The Hall–Kier alpha value is -3.94. The predicted octanol–water partition coefficient (Wildman–Crippen LogP) is 5.05. The molecule has 180 valence electrons. The van der Waals surface area contributed by atoms with Gasteiger partial charge in [-0.3, -0.25) is 9.55 Å². The fourth-order valence-corrected chi connectivity index (χ4v) is 4.66. The smallest absolute Gasteiger partial charge is 0.408 e. The van der Waals surface area contributed by atoms with Gasteiger partial charge in [0.2, 0.25) is 5.95 Å². The molecule has 0 unspecified atom stereocenters. The fraction of sp³-hybridized carbons (Fsp3) is 0.333. The zero-order valence-electron chi connectivity index (χ0n) is 20.1. The van der Waals surface area contributed by atoms with E-state index in [1.807, 2.05) is 73.3 Å². The quantitative estimate of drug-likeness (QED) is 0.451. The summed E-state index contributed by atoms with van der Waals surface area (Å²) in [5.41, 5.74) is 3.83. The molecule has 4 aromatic rings. The van der Waals surface area contributed by atoms with Crippen molar-refractivity contribution in [1.29, 1.82) is 0 Å². The molecule has 0 aliphatic carbocycles. The maximum Gasteiger partial charge on any atom is 0.408 e. The van der Waals surface area contributed by atoms with Crippen LogP contribution in [-0.4, -0.2) is 44.3 Å². The number of hydrogen-bond donors (Lipinski definition) is 1. The van der Waals surface area contributed by atoms with Crippen LogP contribution in [0, 0.1) is 0 Å². The lowest BCUT2D eigenvalue weighted by Gasteiger charge is -2.28. The minimum Gasteiger partial charge on any atom is -0.441 e. The highest BCUT2D eigenvalue weighted by Gasteiger charge is 2.41. The molecule has 6 rings (SSSR count). The maximum absolute atomic E-state index is 11.1. The number of benzene rings is 1. The van der Waals surface area contributed by atoms with Gasteiger partial charge in [-0.2, -0.15) is 0 Å². The van der Waals surface area contributed by atoms with E-state index in [4.69, 9.17) is 4.74 Å². The van der Waals surface area contributed by atoms with E-state index < -0.39 is 5.60 Å². The Bertz CT molecular complexity index is 1280. The molecule has 2 saturated heterocycles. The topological polar surface area (TPSA) is 85.2 Å². The number of carbonyl (C=O) groups is 1. The second-order valence-electron chi connectivity index (χ2n) is 9.36. The summed E-state index contributed by atoms with van der Waals surface area (Å²) < 4.78 is 7.16. The highest BCUT2D eigenvalue weighted by Crippen LogP contribution is 2.33. The first kappa shape index (κ1) is 22.8. The van der Waals surface area contributed by atoms with Gasteiger partial charge in [0.25, 0.3) is 0 Å². The van der Waals surface area contributed by atoms with Gasteiger partial charge in [0.15, 0.2) is 0 Å². The molecule has 3 aromatic heterocycles. The van der Waals surface area contributed by atoms with Crippen LogP contribution in [-0.2, 0) is 4.74 Å². The summed E-state index contributed by atoms with van der Waals surface area (Å²) in [5.74, 6) is 0.685. The molecule has 8 heteroatoms. The van der Waals surface area contributed by atoms with E-state index in [0.29, 0.717) is 5.95 Å². The lowest BCUT2D eigenvalue weighted by Crippen LogP contribution is -2.29. The largest absolute Gasteiger partial charge is 0.441 e. The average Bonchev–Trinajstić information content (AvgIpc) is 3.44. The van der Waals surface area contributed by atoms with Crippen molar-refractivity contribution >= 4 is 22.8 Å². The van der Waals surface area contributed by atoms with Gasteiger partial charge in [-0.15, -0.1) is 0 Å². The molecule has 1 aromatic carbocycles. The van der Waals surface area contributed by atoms with E-state index in [-0.39, 0.29) is 12.1 Å². The summed E-state index contributed by atoms with van der Waals surface area (Å²) in [6.45, 7) is 6.05. The highest BCUT2D eigenvalue weighted by atomic mass is 16.6. The average molecular weight is 471 g/mol. The highest BCUT2D eigenvalue weighted by molar-refractivity contribution is 5.80. The lowest BCUT2D eigenvalue weighted by atomic mass is 9.93. The molecule has 5 heterocycles. The van der Waals surface area contributed by atoms with Crippen molar-refractivity contribution in [3.05, 3.63) is 78.9 Å². The molecule has 2 aliphatic heterocycles. The molecule has 0 bridgehead atoms. The number of fused-ring (bicyclic) bond motifs is 1. The van der Waals surface area contributed by atoms with E-state index in [0.717, 1.165) is 29.7 Å². The van der Waals surface area contributed by atoms with Crippen molar-refractivity contribution in [1.82, 2.24) is 24.8 Å². The fourth-order valence-electron chi connectivity index (χ4n) is 4.66. The molecular weight excluding hydrogens is 440 g/mol. The molecule has 0 saturated carbocycles. The first-order chi connectivity index (χ1) is 17.0. The maximum atomic E-state index is 11.1. The summed E-state index contributed by atoms with van der Waals surface area (Å²) in [5, 5.41) is 2.80. The van der Waals surface area contributed by atoms with E-state index in [1.54, 1.807) is 12.4 Å². The van der Waals surface area contributed by atoms with Crippen LogP contribution < -0.4 is 10.2 Å². The number of aromatic nitrogens is 4. The summed E-state index contributed by atoms with van der Waals surface area (Å²) in [6.07, 6.45) is 11.0. The van der Waals surface area contributed by atoms with Crippen LogP contribution in [0.25, 0.3) is 17.0 Å². The van der Waals surface area contributed by atoms with Crippen LogP contribution in [0.15, 0.2) is 73.3 Å². The minimum absolute atomic E-state index is 0.0591. The molecule has 35 heavy (non-hydrogen) atoms. The van der Waals surface area contributed by atoms with Crippen LogP contribution in [0.4, 0.5) is 10.5 Å². The van der Waals surface area contributed by atoms with Crippen LogP contribution in [0.5, 0.6) is 0 Å². The standard InChI is InChI=1S/C16H17N5.C11H13NO2/c1-2-8-20(9-3-1)13-11-15-14(19-12-13)5-10-21(15)16-17-6-4-7-18-16;1-11(2)9(12-10(13)14-11)8-6-4-3-5-7-8/h4-7,10-12H,1-3,8-9H2;3-7,9H,1-2H3,(H,12,13)/t;9-/m.0/s1. The van der Waals surface area contributed by atoms with Gasteiger partial charge in [0.05, 0.1) is 29.0 Å². The Morgan fingerprint density at radius 1 is 0.971 bits per heavy atom. The Balaban J connectivity index is 0.000000158. The third-order valence-corrected chi connectivity index (χ3v) is 6.46. The summed E-state index contributed by atoms with van der Waals surface area (Å²) in [7, 11) is 0. The summed E-state index contributed by atoms with van der Waals surface area (Å²) >= 11 is 0. The van der Waals surface area contributed by atoms with Crippen molar-refractivity contribution < 1.29 is 9.53 Å². The van der Waals surface area contributed by atoms with Gasteiger partial charge < -0.3 is 15.0 Å². The van der Waals surface area contributed by atoms with E-state index in [2.05, 4.69) is 31.2 Å². The van der Waals surface area contributed by atoms with Gasteiger partial charge in [-0.1, -0.05) is 30.3 Å². The molecule has 2 aliphatic rings. The molecule has 0 spiro atoms. The number of nitrogens with one attached hydrogen (secondary N) is 1. The summed E-state index contributed by atoms with van der Waals surface area (Å²) in [6, 6.07) is 15.8. The number of hydrogen-bond acceptors (Lipinski definition) is 6. The first-order valence-corrected chi connectivity index (χ1v) is 12.1. The molecule has 1 N–H and O–H groups in total. The SMILES string of the molecule is CC1(C)OC(=O)N[C@H]1c1ccccc1.c1cnc(-n2ccc3ncc(N4CCCCC4)cc32)nc1. The van der Waals surface area contributed by atoms with Gasteiger partial charge in [0, 0.05) is 31.7 Å². The van der Waals surface area contributed by atoms with E-state index >= 15 is 0 Å². The number of pyridine rings is 1. The zero-order chi connectivity index (χ0) is 24.3. The molecule has 0 radical (unpaired) electrons. The van der Waals surface area contributed by atoms with Crippen LogP contribution >= 0.6 is 0 Å². The van der Waals surface area contributed by atoms with Crippen LogP contribution in [0.1, 0.15) is 44.7 Å². The monoisotopic (exact) mass is 470 g/mol. The number of anilines is 1. The van der Waals surface area contributed by atoms with Gasteiger partial charge in [0.1, 0.15) is 5.60 Å². The van der Waals surface area contributed by atoms with Crippen molar-refractivity contribution in [3.8, 4) is 5.95 Å². The van der Waals surface area contributed by atoms with Crippen molar-refractivity contribution in [2.45, 2.75) is 44.8 Å². The normalized spacial score (nSPS) is 19.0. The number of carbonyl (C=O) groups excluding carboxylic acids is 1. The third kappa shape index (κ3) is 4.96. The van der Waals surface area contributed by atoms with Gasteiger partial charge in [-0.25, -0.2) is 14.8 Å². The van der Waals surface area contributed by atoms with Crippen LogP contribution in [0.2, 0.25) is 0 Å². The number of nitrogens with zero attached hydrogens (tertiary/aromatic N) is 5. The molecule has 2 fully saturated rings. The zero-order valence-corrected chi connectivity index (χ0v) is 20.1. The Labute approximate surface area is 205 Å². The number of amides is 1. The number of piperidine rings is 1. The van der Waals surface area contributed by atoms with E-state index in [1.165, 1.54) is 24.9 Å². The number of alkyl carbamates (subject to hydrolysis) is 1. The second kappa shape index (κ2) is 9.74. The van der Waals surface area contributed by atoms with Gasteiger partial charge >= 0.3 is 6.09 Å². The van der Waals surface area contributed by atoms with Crippen molar-refractivity contribution in [2.75, 3.05) is 18.0 Å². The Kier molecular flexibility index (Phi) is 6.35. The molecular formula is C27H30N6O2. The Morgan fingerprint density at radius 3 is 2.40 bits per heavy atom. The van der Waals surface area contributed by atoms with Crippen LogP contribution in [0.3, 0.4) is 0 Å². The van der Waals surface area contributed by atoms with Gasteiger partial charge in [-0.05, 0) is 56.9 Å². The molecule has 8 nitrogen and oxygen atoms in total. The number of rotatable bonds is 3. The summed E-state index contributed by atoms with van der Waals surface area (Å²) in [4.78, 5) is 26.8. The number of cyclic esters (lactones) is 1. The lowest BCUT2D eigenvalue weighted by molar-refractivity contribution is 0.0684. The second-order valence-corrected chi connectivity index (χ2v) is 9.36. The Morgan fingerprint density at radius 2 is 1.71 bits per heavy atom.